The van der Waals surface area contributed by atoms with Gasteiger partial charge in [0, 0.05) is 11.6 Å². The minimum atomic E-state index is -0.786. The molecular formula is C10H10FNO4. The molecule has 1 atom stereocenters. The summed E-state index contributed by atoms with van der Waals surface area (Å²) in [4.78, 5) is 20.8. The Morgan fingerprint density at radius 1 is 1.56 bits per heavy atom. The maximum atomic E-state index is 13.4. The quantitative estimate of drug-likeness (QED) is 0.450. The minimum absolute atomic E-state index is 0.0810. The molecule has 6 heteroatoms. The molecule has 0 spiro atoms. The van der Waals surface area contributed by atoms with E-state index in [1.54, 1.807) is 0 Å². The van der Waals surface area contributed by atoms with Crippen molar-refractivity contribution < 1.29 is 18.8 Å². The first kappa shape index (κ1) is 12.1. The van der Waals surface area contributed by atoms with Crippen LogP contribution in [0.15, 0.2) is 18.2 Å². The number of nitro benzene ring substituents is 1. The lowest BCUT2D eigenvalue weighted by atomic mass is 10.0. The van der Waals surface area contributed by atoms with Crippen molar-refractivity contribution in [2.24, 2.45) is 0 Å². The van der Waals surface area contributed by atoms with Crippen LogP contribution in [-0.4, -0.2) is 18.0 Å². The number of non-ortho nitro benzene ring substituents is 1. The summed E-state index contributed by atoms with van der Waals surface area (Å²) in [6.45, 7) is 1.47. The summed E-state index contributed by atoms with van der Waals surface area (Å²) in [6, 6.07) is 3.15. The van der Waals surface area contributed by atoms with Gasteiger partial charge in [0.2, 0.25) is 0 Å². The molecule has 16 heavy (non-hydrogen) atoms. The fourth-order valence-electron chi connectivity index (χ4n) is 1.28. The molecule has 1 aromatic carbocycles. The van der Waals surface area contributed by atoms with E-state index in [0.717, 1.165) is 12.1 Å². The first-order valence-electron chi connectivity index (χ1n) is 4.49. The van der Waals surface area contributed by atoms with Gasteiger partial charge in [-0.2, -0.15) is 0 Å². The lowest BCUT2D eigenvalue weighted by Gasteiger charge is -2.09. The fourth-order valence-corrected chi connectivity index (χ4v) is 1.28. The zero-order valence-corrected chi connectivity index (χ0v) is 8.77. The lowest BCUT2D eigenvalue weighted by molar-refractivity contribution is -0.385. The molecule has 0 aliphatic carbocycles. The maximum absolute atomic E-state index is 13.4. The van der Waals surface area contributed by atoms with Gasteiger partial charge in [-0.15, -0.1) is 0 Å². The lowest BCUT2D eigenvalue weighted by Crippen LogP contribution is -2.12. The molecule has 0 radical (unpaired) electrons. The van der Waals surface area contributed by atoms with Crippen molar-refractivity contribution >= 4 is 11.7 Å². The van der Waals surface area contributed by atoms with E-state index < -0.39 is 22.6 Å². The Kier molecular flexibility index (Phi) is 3.55. The van der Waals surface area contributed by atoms with Crippen LogP contribution in [0.4, 0.5) is 10.1 Å². The van der Waals surface area contributed by atoms with Crippen LogP contribution in [0.2, 0.25) is 0 Å². The number of esters is 1. The number of methoxy groups -OCH3 is 1. The van der Waals surface area contributed by atoms with Crippen molar-refractivity contribution in [3.05, 3.63) is 39.7 Å². The van der Waals surface area contributed by atoms with E-state index in [9.17, 15) is 19.3 Å². The van der Waals surface area contributed by atoms with Gasteiger partial charge in [0.15, 0.2) is 0 Å². The van der Waals surface area contributed by atoms with E-state index >= 15 is 0 Å². The van der Waals surface area contributed by atoms with Gasteiger partial charge >= 0.3 is 5.97 Å². The second-order valence-corrected chi connectivity index (χ2v) is 3.21. The average Bonchev–Trinajstić information content (AvgIpc) is 2.26. The van der Waals surface area contributed by atoms with Crippen molar-refractivity contribution in [3.8, 4) is 0 Å². The molecule has 0 aromatic heterocycles. The molecule has 1 aromatic rings. The third-order valence-electron chi connectivity index (χ3n) is 2.22. The summed E-state index contributed by atoms with van der Waals surface area (Å²) in [5, 5.41) is 10.4. The maximum Gasteiger partial charge on any atom is 0.312 e. The summed E-state index contributed by atoms with van der Waals surface area (Å²) in [5.74, 6) is -2.16. The third-order valence-corrected chi connectivity index (χ3v) is 2.22. The van der Waals surface area contributed by atoms with Gasteiger partial charge in [-0.05, 0) is 13.0 Å². The van der Waals surface area contributed by atoms with Crippen LogP contribution in [-0.2, 0) is 9.53 Å². The number of rotatable bonds is 3. The molecular weight excluding hydrogens is 217 g/mol. The topological polar surface area (TPSA) is 69.4 Å². The van der Waals surface area contributed by atoms with Gasteiger partial charge in [0.25, 0.3) is 5.69 Å². The number of hydrogen-bond acceptors (Lipinski definition) is 4. The minimum Gasteiger partial charge on any atom is -0.469 e. The van der Waals surface area contributed by atoms with Gasteiger partial charge in [-0.1, -0.05) is 0 Å². The number of nitrogens with zero attached hydrogens (tertiary/aromatic N) is 1. The van der Waals surface area contributed by atoms with Crippen molar-refractivity contribution in [2.75, 3.05) is 7.11 Å². The van der Waals surface area contributed by atoms with E-state index in [4.69, 9.17) is 0 Å². The molecule has 1 unspecified atom stereocenters. The fraction of sp³-hybridized carbons (Fsp3) is 0.300. The zero-order valence-electron chi connectivity index (χ0n) is 8.77. The number of ether oxygens (including phenoxy) is 1. The Hall–Kier alpha value is -1.98. The van der Waals surface area contributed by atoms with Crippen LogP contribution in [0.25, 0.3) is 0 Å². The average molecular weight is 227 g/mol. The Morgan fingerprint density at radius 3 is 2.62 bits per heavy atom. The van der Waals surface area contributed by atoms with Gasteiger partial charge in [0.1, 0.15) is 5.82 Å². The van der Waals surface area contributed by atoms with Crippen LogP contribution >= 0.6 is 0 Å². The van der Waals surface area contributed by atoms with E-state index in [-0.39, 0.29) is 11.3 Å². The molecule has 1 rings (SSSR count). The molecule has 0 bridgehead atoms. The van der Waals surface area contributed by atoms with Crippen molar-refractivity contribution in [2.45, 2.75) is 12.8 Å². The number of carbonyl (C=O) groups is 1. The summed E-state index contributed by atoms with van der Waals surface area (Å²) in [5.41, 5.74) is -0.268. The van der Waals surface area contributed by atoms with Crippen molar-refractivity contribution in [3.63, 3.8) is 0 Å². The Morgan fingerprint density at radius 2 is 2.19 bits per heavy atom. The molecule has 0 amide bonds. The van der Waals surface area contributed by atoms with Gasteiger partial charge < -0.3 is 4.74 Å². The predicted octanol–water partition coefficient (Wildman–Crippen LogP) is 2.01. The summed E-state index contributed by atoms with van der Waals surface area (Å²) < 4.78 is 17.9. The van der Waals surface area contributed by atoms with Crippen LogP contribution in [0.5, 0.6) is 0 Å². The standard InChI is InChI=1S/C10H10FNO4/c1-6(10(13)16-2)8-4-3-7(12(14)15)5-9(8)11/h3-6H,1-2H3. The van der Waals surface area contributed by atoms with Crippen molar-refractivity contribution in [1.82, 2.24) is 0 Å². The Bertz CT molecular complexity index is 433. The molecule has 0 N–H and O–H groups in total. The monoisotopic (exact) mass is 227 g/mol. The largest absolute Gasteiger partial charge is 0.469 e. The first-order valence-corrected chi connectivity index (χ1v) is 4.49. The highest BCUT2D eigenvalue weighted by Gasteiger charge is 2.21. The summed E-state index contributed by atoms with van der Waals surface area (Å²) in [6.07, 6.45) is 0. The zero-order chi connectivity index (χ0) is 12.3. The molecule has 0 aliphatic rings. The van der Waals surface area contributed by atoms with Crippen LogP contribution in [0, 0.1) is 15.9 Å². The molecule has 0 saturated carbocycles. The highest BCUT2D eigenvalue weighted by Crippen LogP contribution is 2.23. The second-order valence-electron chi connectivity index (χ2n) is 3.21. The van der Waals surface area contributed by atoms with Gasteiger partial charge in [-0.25, -0.2) is 4.39 Å². The Balaban J connectivity index is 3.08. The molecule has 5 nitrogen and oxygen atoms in total. The summed E-state index contributed by atoms with van der Waals surface area (Å²) >= 11 is 0. The second kappa shape index (κ2) is 4.69. The van der Waals surface area contributed by atoms with E-state index in [1.807, 2.05) is 0 Å². The normalized spacial score (nSPS) is 11.9. The number of benzene rings is 1. The highest BCUT2D eigenvalue weighted by molar-refractivity contribution is 5.77. The van der Waals surface area contributed by atoms with Crippen molar-refractivity contribution in [1.29, 1.82) is 0 Å². The number of carbonyl (C=O) groups excluding carboxylic acids is 1. The third kappa shape index (κ3) is 2.33. The van der Waals surface area contributed by atoms with Crippen LogP contribution in [0.3, 0.4) is 0 Å². The van der Waals surface area contributed by atoms with Crippen LogP contribution in [0.1, 0.15) is 18.4 Å². The SMILES string of the molecule is COC(=O)C(C)c1ccc([N+](=O)[O-])cc1F. The summed E-state index contributed by atoms with van der Waals surface area (Å²) in [7, 11) is 1.20. The van der Waals surface area contributed by atoms with E-state index in [1.165, 1.54) is 20.1 Å². The smallest absolute Gasteiger partial charge is 0.312 e. The molecule has 0 fully saturated rings. The molecule has 86 valence electrons. The molecule has 0 heterocycles. The van der Waals surface area contributed by atoms with Gasteiger partial charge in [-0.3, -0.25) is 14.9 Å². The predicted molar refractivity (Wildman–Crippen MR) is 53.5 cm³/mol. The molecule has 0 aliphatic heterocycles. The first-order chi connectivity index (χ1) is 7.47. The van der Waals surface area contributed by atoms with Gasteiger partial charge in [0.05, 0.1) is 24.0 Å². The molecule has 0 saturated heterocycles. The Labute approximate surface area is 91.0 Å². The van der Waals surface area contributed by atoms with Crippen LogP contribution < -0.4 is 0 Å². The highest BCUT2D eigenvalue weighted by atomic mass is 19.1. The number of halogens is 1. The number of nitro groups is 1. The van der Waals surface area contributed by atoms with E-state index in [2.05, 4.69) is 4.74 Å². The van der Waals surface area contributed by atoms with E-state index in [0.29, 0.717) is 0 Å². The number of hydrogen-bond donors (Lipinski definition) is 0.